The highest BCUT2D eigenvalue weighted by molar-refractivity contribution is 9.11. The van der Waals surface area contributed by atoms with Crippen molar-refractivity contribution in [1.82, 2.24) is 24.1 Å². The minimum atomic E-state index is -3.96. The number of aromatic nitrogens is 4. The Kier molecular flexibility index (Phi) is 9.36. The van der Waals surface area contributed by atoms with Crippen molar-refractivity contribution in [2.75, 3.05) is 51.3 Å². The van der Waals surface area contributed by atoms with Gasteiger partial charge in [-0.1, -0.05) is 46.3 Å². The number of hydrogen-bond donors (Lipinski definition) is 0. The maximum Gasteiger partial charge on any atom is 0.263 e. The second kappa shape index (κ2) is 13.4. The molecule has 0 spiro atoms. The summed E-state index contributed by atoms with van der Waals surface area (Å²) in [7, 11) is -1.84. The third kappa shape index (κ3) is 6.84. The molecular formula is C33H37BrN6O4S. The summed E-state index contributed by atoms with van der Waals surface area (Å²) in [5.41, 5.74) is 3.22. The molecule has 236 valence electrons. The van der Waals surface area contributed by atoms with Crippen LogP contribution in [0.15, 0.2) is 83.9 Å². The van der Waals surface area contributed by atoms with Gasteiger partial charge >= 0.3 is 0 Å². The van der Waals surface area contributed by atoms with Crippen molar-refractivity contribution >= 4 is 48.2 Å². The van der Waals surface area contributed by atoms with E-state index in [0.717, 1.165) is 59.2 Å². The molecule has 1 saturated heterocycles. The van der Waals surface area contributed by atoms with Crippen LogP contribution in [0.1, 0.15) is 30.9 Å². The Bertz CT molecular complexity index is 1820. The lowest BCUT2D eigenvalue weighted by molar-refractivity contribution is 0.107. The molecule has 0 N–H and O–H groups in total. The standard InChI is InChI=1S/C33H37BrN6O4S/c1-33(45(41,42)40-30-23-35-10-9-26(30)22-37-40)19-27(17-29(34)20-33)28-18-31(32(36-21-28)39-13-11-38(2)12-14-39)44-16-6-15-43-24-25-7-4-3-5-8-25/h3-5,7-10,17-18,20-23H,6,11-16,19,24H2,1-2H3. The predicted octanol–water partition coefficient (Wildman–Crippen LogP) is 5.27. The van der Waals surface area contributed by atoms with Crippen molar-refractivity contribution in [3.63, 3.8) is 0 Å². The zero-order valence-electron chi connectivity index (χ0n) is 25.5. The highest BCUT2D eigenvalue weighted by Crippen LogP contribution is 2.42. The number of benzene rings is 1. The topological polar surface area (TPSA) is 103 Å². The van der Waals surface area contributed by atoms with Crippen LogP contribution in [0.25, 0.3) is 16.5 Å². The Morgan fingerprint density at radius 3 is 2.62 bits per heavy atom. The summed E-state index contributed by atoms with van der Waals surface area (Å²) in [4.78, 5) is 13.6. The first-order valence-electron chi connectivity index (χ1n) is 15.0. The first-order chi connectivity index (χ1) is 21.7. The fraction of sp³-hybridized carbons (Fsp3) is 0.364. The van der Waals surface area contributed by atoms with E-state index in [1.807, 2.05) is 48.7 Å². The number of rotatable bonds is 11. The summed E-state index contributed by atoms with van der Waals surface area (Å²) in [6, 6.07) is 13.8. The van der Waals surface area contributed by atoms with E-state index in [0.29, 0.717) is 41.0 Å². The van der Waals surface area contributed by atoms with Gasteiger partial charge in [-0.05, 0) is 61.4 Å². The number of likely N-dealkylation sites (N-methyl/N-ethyl adjacent to an activating group) is 1. The largest absolute Gasteiger partial charge is 0.490 e. The minimum Gasteiger partial charge on any atom is -0.490 e. The number of anilines is 1. The fourth-order valence-corrected chi connectivity index (χ4v) is 8.17. The average molecular weight is 694 g/mol. The number of fused-ring (bicyclic) bond motifs is 1. The van der Waals surface area contributed by atoms with E-state index in [-0.39, 0.29) is 6.42 Å². The third-order valence-electron chi connectivity index (χ3n) is 8.26. The molecule has 1 fully saturated rings. The summed E-state index contributed by atoms with van der Waals surface area (Å²) >= 11 is 3.59. The molecule has 12 heteroatoms. The van der Waals surface area contributed by atoms with Crippen LogP contribution in [-0.4, -0.2) is 83.7 Å². The SMILES string of the molecule is CN1CCN(c2ncc(C3=CC(Br)=CC(C)(S(=O)(=O)n4ncc5ccncc54)C3)cc2OCCCOCc2ccccc2)CC1. The van der Waals surface area contributed by atoms with E-state index in [4.69, 9.17) is 14.5 Å². The van der Waals surface area contributed by atoms with E-state index < -0.39 is 14.8 Å². The van der Waals surface area contributed by atoms with Crippen molar-refractivity contribution in [3.8, 4) is 5.75 Å². The van der Waals surface area contributed by atoms with Gasteiger partial charge in [0.1, 0.15) is 10.3 Å². The van der Waals surface area contributed by atoms with Gasteiger partial charge in [-0.3, -0.25) is 4.98 Å². The number of halogens is 1. The molecule has 1 atom stereocenters. The van der Waals surface area contributed by atoms with Gasteiger partial charge in [-0.15, -0.1) is 0 Å². The van der Waals surface area contributed by atoms with Crippen LogP contribution in [-0.2, 0) is 21.4 Å². The second-order valence-electron chi connectivity index (χ2n) is 11.7. The molecular weight excluding hydrogens is 656 g/mol. The Hall–Kier alpha value is -3.58. The van der Waals surface area contributed by atoms with E-state index >= 15 is 0 Å². The van der Waals surface area contributed by atoms with Crippen molar-refractivity contribution in [1.29, 1.82) is 0 Å². The van der Waals surface area contributed by atoms with Crippen LogP contribution in [0.4, 0.5) is 5.82 Å². The number of nitrogens with zero attached hydrogens (tertiary/aromatic N) is 6. The molecule has 1 aliphatic heterocycles. The van der Waals surface area contributed by atoms with Gasteiger partial charge in [0.15, 0.2) is 11.6 Å². The lowest BCUT2D eigenvalue weighted by Crippen LogP contribution is -2.45. The summed E-state index contributed by atoms with van der Waals surface area (Å²) in [6.45, 7) is 6.89. The minimum absolute atomic E-state index is 0.231. The molecule has 0 bridgehead atoms. The fourth-order valence-electron chi connectivity index (χ4n) is 5.65. The highest BCUT2D eigenvalue weighted by atomic mass is 79.9. The molecule has 3 aromatic heterocycles. The molecule has 2 aliphatic rings. The molecule has 1 aliphatic carbocycles. The predicted molar refractivity (Wildman–Crippen MR) is 180 cm³/mol. The molecule has 0 radical (unpaired) electrons. The molecule has 1 unspecified atom stereocenters. The molecule has 6 rings (SSSR count). The summed E-state index contributed by atoms with van der Waals surface area (Å²) < 4.78 is 40.9. The van der Waals surface area contributed by atoms with Gasteiger partial charge in [0.25, 0.3) is 10.0 Å². The van der Waals surface area contributed by atoms with Crippen LogP contribution in [0.2, 0.25) is 0 Å². The zero-order chi connectivity index (χ0) is 31.4. The summed E-state index contributed by atoms with van der Waals surface area (Å²) in [5.74, 6) is 1.48. The first kappa shape index (κ1) is 31.4. The Balaban J connectivity index is 1.22. The quantitative estimate of drug-likeness (QED) is 0.195. The van der Waals surface area contributed by atoms with Crippen molar-refractivity contribution in [2.45, 2.75) is 31.1 Å². The molecule has 0 amide bonds. The molecule has 1 aromatic carbocycles. The average Bonchev–Trinajstić information content (AvgIpc) is 3.48. The lowest BCUT2D eigenvalue weighted by Gasteiger charge is -2.34. The molecule has 10 nitrogen and oxygen atoms in total. The third-order valence-corrected chi connectivity index (χ3v) is 10.9. The van der Waals surface area contributed by atoms with Crippen LogP contribution in [0, 0.1) is 0 Å². The van der Waals surface area contributed by atoms with Crippen molar-refractivity contribution < 1.29 is 17.9 Å². The second-order valence-corrected chi connectivity index (χ2v) is 14.8. The highest BCUT2D eigenvalue weighted by Gasteiger charge is 2.43. The normalized spacial score (nSPS) is 19.4. The number of ether oxygens (including phenoxy) is 2. The van der Waals surface area contributed by atoms with Gasteiger partial charge in [-0.25, -0.2) is 13.4 Å². The first-order valence-corrected chi connectivity index (χ1v) is 17.3. The monoisotopic (exact) mass is 692 g/mol. The van der Waals surface area contributed by atoms with Gasteiger partial charge in [0.2, 0.25) is 0 Å². The maximum absolute atomic E-state index is 14.1. The van der Waals surface area contributed by atoms with Crippen LogP contribution >= 0.6 is 15.9 Å². The summed E-state index contributed by atoms with van der Waals surface area (Å²) in [6.07, 6.45) is 11.2. The van der Waals surface area contributed by atoms with E-state index in [9.17, 15) is 8.42 Å². The number of hydrogen-bond acceptors (Lipinski definition) is 9. The molecule has 0 saturated carbocycles. The Morgan fingerprint density at radius 2 is 1.82 bits per heavy atom. The van der Waals surface area contributed by atoms with Crippen molar-refractivity contribution in [3.05, 3.63) is 95.0 Å². The number of pyridine rings is 2. The lowest BCUT2D eigenvalue weighted by atomic mass is 9.91. The van der Waals surface area contributed by atoms with E-state index in [1.54, 1.807) is 31.5 Å². The number of piperazine rings is 1. The molecule has 4 heterocycles. The Morgan fingerprint density at radius 1 is 1.02 bits per heavy atom. The van der Waals surface area contributed by atoms with Crippen LogP contribution in [0.5, 0.6) is 5.75 Å². The van der Waals surface area contributed by atoms with Crippen molar-refractivity contribution in [2.24, 2.45) is 0 Å². The Labute approximate surface area is 272 Å². The maximum atomic E-state index is 14.1. The zero-order valence-corrected chi connectivity index (χ0v) is 27.9. The van der Waals surface area contributed by atoms with Gasteiger partial charge in [0, 0.05) is 54.9 Å². The number of allylic oxidation sites excluding steroid dienone is 3. The van der Waals surface area contributed by atoms with Crippen LogP contribution < -0.4 is 9.64 Å². The smallest absolute Gasteiger partial charge is 0.263 e. The van der Waals surface area contributed by atoms with Gasteiger partial charge in [-0.2, -0.15) is 9.19 Å². The van der Waals surface area contributed by atoms with Gasteiger partial charge in [0.05, 0.1) is 32.2 Å². The molecule has 4 aromatic rings. The van der Waals surface area contributed by atoms with E-state index in [2.05, 4.69) is 42.9 Å². The van der Waals surface area contributed by atoms with Crippen LogP contribution in [0.3, 0.4) is 0 Å². The summed E-state index contributed by atoms with van der Waals surface area (Å²) in [5, 5.41) is 4.95. The molecule has 45 heavy (non-hydrogen) atoms. The van der Waals surface area contributed by atoms with Gasteiger partial charge < -0.3 is 19.3 Å². The van der Waals surface area contributed by atoms with E-state index in [1.165, 1.54) is 6.20 Å².